The number of aromatic hydroxyl groups is 2. The smallest absolute Gasteiger partial charge is 0.342 e. The molecule has 2 aromatic rings. The zero-order chi connectivity index (χ0) is 17.7. The lowest BCUT2D eigenvalue weighted by Gasteiger charge is -2.16. The number of halogens is 1. The number of carbonyl (C=O) groups excluding carboxylic acids is 1. The van der Waals surface area contributed by atoms with Gasteiger partial charge in [-0.1, -0.05) is 11.6 Å². The summed E-state index contributed by atoms with van der Waals surface area (Å²) in [7, 11) is 0. The maximum atomic E-state index is 12.6. The Morgan fingerprint density at radius 3 is 2.72 bits per heavy atom. The first kappa shape index (κ1) is 16.3. The molecule has 0 amide bonds. The highest BCUT2D eigenvalue weighted by molar-refractivity contribution is 6.33. The van der Waals surface area contributed by atoms with E-state index in [0.29, 0.717) is 18.6 Å². The van der Waals surface area contributed by atoms with Gasteiger partial charge >= 0.3 is 5.97 Å². The van der Waals surface area contributed by atoms with Crippen LogP contribution in [-0.2, 0) is 22.3 Å². The first-order valence-electron chi connectivity index (χ1n) is 8.09. The minimum Gasteiger partial charge on any atom is -0.507 e. The fourth-order valence-electron chi connectivity index (χ4n) is 3.26. The van der Waals surface area contributed by atoms with Crippen LogP contribution in [0.1, 0.15) is 40.8 Å². The van der Waals surface area contributed by atoms with E-state index in [2.05, 4.69) is 0 Å². The Labute approximate surface area is 148 Å². The monoisotopic (exact) mass is 364 g/mol. The van der Waals surface area contributed by atoms with Gasteiger partial charge < -0.3 is 24.1 Å². The van der Waals surface area contributed by atoms with Gasteiger partial charge in [0.2, 0.25) is 0 Å². The zero-order valence-corrected chi connectivity index (χ0v) is 14.2. The summed E-state index contributed by atoms with van der Waals surface area (Å²) in [5, 5.41) is 20.1. The number of esters is 1. The lowest BCUT2D eigenvalue weighted by molar-refractivity contribution is 0.0305. The zero-order valence-electron chi connectivity index (χ0n) is 13.5. The number of rotatable bonds is 0. The maximum Gasteiger partial charge on any atom is 0.342 e. The van der Waals surface area contributed by atoms with Crippen molar-refractivity contribution in [2.45, 2.75) is 44.5 Å². The highest BCUT2D eigenvalue weighted by Gasteiger charge is 2.41. The number of epoxide rings is 1. The first-order chi connectivity index (χ1) is 11.9. The second-order valence-corrected chi connectivity index (χ2v) is 6.87. The van der Waals surface area contributed by atoms with Gasteiger partial charge in [-0.2, -0.15) is 0 Å². The summed E-state index contributed by atoms with van der Waals surface area (Å²) in [4.78, 5) is 12.6. The largest absolute Gasteiger partial charge is 0.507 e. The van der Waals surface area contributed by atoms with E-state index in [4.69, 9.17) is 25.5 Å². The molecule has 4 rings (SSSR count). The van der Waals surface area contributed by atoms with Crippen LogP contribution in [0.15, 0.2) is 22.6 Å². The van der Waals surface area contributed by atoms with Crippen molar-refractivity contribution in [2.24, 2.45) is 0 Å². The number of furan rings is 1. The number of hydrogen-bond donors (Lipinski definition) is 2. The number of fused-ring (bicyclic) bond motifs is 4. The third-order valence-corrected chi connectivity index (χ3v) is 4.98. The molecule has 25 heavy (non-hydrogen) atoms. The summed E-state index contributed by atoms with van der Waals surface area (Å²) in [5.41, 5.74) is 0.220. The Kier molecular flexibility index (Phi) is 3.89. The van der Waals surface area contributed by atoms with Gasteiger partial charge in [0.25, 0.3) is 0 Å². The Bertz CT molecular complexity index is 842. The van der Waals surface area contributed by atoms with Crippen molar-refractivity contribution in [1.82, 2.24) is 0 Å². The Morgan fingerprint density at radius 2 is 1.92 bits per heavy atom. The van der Waals surface area contributed by atoms with Crippen LogP contribution in [0.2, 0.25) is 5.02 Å². The Morgan fingerprint density at radius 1 is 1.16 bits per heavy atom. The van der Waals surface area contributed by atoms with E-state index in [1.165, 1.54) is 0 Å². The fourth-order valence-corrected chi connectivity index (χ4v) is 3.48. The molecule has 2 aliphatic rings. The third kappa shape index (κ3) is 3.07. The number of cyclic esters (lactones) is 1. The van der Waals surface area contributed by atoms with Gasteiger partial charge in [-0.05, 0) is 19.1 Å². The van der Waals surface area contributed by atoms with Gasteiger partial charge in [-0.25, -0.2) is 4.79 Å². The van der Waals surface area contributed by atoms with E-state index in [0.717, 1.165) is 11.8 Å². The third-order valence-electron chi connectivity index (χ3n) is 4.56. The second kappa shape index (κ2) is 5.97. The molecular formula is C18H17ClO6. The molecule has 1 fully saturated rings. The Balaban J connectivity index is 1.80. The minimum atomic E-state index is -0.690. The van der Waals surface area contributed by atoms with Crippen molar-refractivity contribution in [3.63, 3.8) is 0 Å². The summed E-state index contributed by atoms with van der Waals surface area (Å²) in [6.07, 6.45) is 1.06. The molecule has 2 bridgehead atoms. The minimum absolute atomic E-state index is 0.00333. The molecular weight excluding hydrogens is 348 g/mol. The molecule has 0 radical (unpaired) electrons. The lowest BCUT2D eigenvalue weighted by Crippen LogP contribution is -2.19. The molecule has 132 valence electrons. The second-order valence-electron chi connectivity index (χ2n) is 6.50. The average molecular weight is 365 g/mol. The van der Waals surface area contributed by atoms with E-state index in [1.807, 2.05) is 6.07 Å². The van der Waals surface area contributed by atoms with E-state index >= 15 is 0 Å². The highest BCUT2D eigenvalue weighted by atomic mass is 35.5. The molecule has 2 N–H and O–H groups in total. The van der Waals surface area contributed by atoms with E-state index in [1.54, 1.807) is 13.0 Å². The van der Waals surface area contributed by atoms with Crippen LogP contribution in [0.25, 0.3) is 0 Å². The van der Waals surface area contributed by atoms with E-state index < -0.39 is 5.97 Å². The van der Waals surface area contributed by atoms with Gasteiger partial charge in [0.05, 0.1) is 17.2 Å². The normalized spacial score (nSPS) is 25.7. The molecule has 3 atom stereocenters. The van der Waals surface area contributed by atoms with Crippen molar-refractivity contribution in [3.05, 3.63) is 45.9 Å². The molecule has 0 saturated carbocycles. The van der Waals surface area contributed by atoms with Gasteiger partial charge in [0, 0.05) is 30.9 Å². The van der Waals surface area contributed by atoms with Crippen LogP contribution >= 0.6 is 11.6 Å². The molecule has 3 unspecified atom stereocenters. The van der Waals surface area contributed by atoms with E-state index in [-0.39, 0.29) is 52.4 Å². The summed E-state index contributed by atoms with van der Waals surface area (Å²) >= 11 is 6.19. The molecule has 2 aliphatic heterocycles. The standard InChI is InChI=1S/C18H17ClO6/c1-8-4-14-15(25-14)6-10-3-2-9(24-10)5-11-16(18(22)23-8)12(20)7-13(21)17(11)19/h2-3,7-8,14-15,20-21H,4-6H2,1H3. The van der Waals surface area contributed by atoms with Crippen molar-refractivity contribution in [2.75, 3.05) is 0 Å². The quantitative estimate of drug-likeness (QED) is 0.551. The molecule has 7 heteroatoms. The van der Waals surface area contributed by atoms with Crippen LogP contribution in [-0.4, -0.2) is 34.5 Å². The highest BCUT2D eigenvalue weighted by Crippen LogP contribution is 2.39. The van der Waals surface area contributed by atoms with Crippen molar-refractivity contribution >= 4 is 17.6 Å². The molecule has 3 heterocycles. The number of phenols is 2. The molecule has 0 spiro atoms. The van der Waals surface area contributed by atoms with Crippen molar-refractivity contribution in [1.29, 1.82) is 0 Å². The van der Waals surface area contributed by atoms with Crippen LogP contribution in [0, 0.1) is 0 Å². The number of hydrogen-bond acceptors (Lipinski definition) is 6. The fraction of sp³-hybridized carbons (Fsp3) is 0.389. The average Bonchev–Trinajstić information content (AvgIpc) is 3.08. The summed E-state index contributed by atoms with van der Waals surface area (Å²) in [5.74, 6) is -0.0185. The van der Waals surface area contributed by atoms with Crippen LogP contribution in [0.4, 0.5) is 0 Å². The number of phenolic OH excluding ortho intramolecular Hbond substituents is 2. The maximum absolute atomic E-state index is 12.6. The molecule has 1 aromatic carbocycles. The number of ether oxygens (including phenoxy) is 2. The predicted molar refractivity (Wildman–Crippen MR) is 88.2 cm³/mol. The topological polar surface area (TPSA) is 92.4 Å². The van der Waals surface area contributed by atoms with E-state index in [9.17, 15) is 15.0 Å². The number of carbonyl (C=O) groups is 1. The number of benzene rings is 1. The first-order valence-corrected chi connectivity index (χ1v) is 8.47. The SMILES string of the molecule is CC1CC2OC2Cc2ccc(o2)Cc2c(Cl)c(O)cc(O)c2C(=O)O1. The Hall–Kier alpha value is -2.18. The van der Waals surface area contributed by atoms with Gasteiger partial charge in [0.15, 0.2) is 0 Å². The lowest BCUT2D eigenvalue weighted by atomic mass is 10.0. The molecule has 1 saturated heterocycles. The van der Waals surface area contributed by atoms with Crippen molar-refractivity contribution < 1.29 is 28.9 Å². The summed E-state index contributed by atoms with van der Waals surface area (Å²) in [6, 6.07) is 4.68. The van der Waals surface area contributed by atoms with Crippen LogP contribution in [0.3, 0.4) is 0 Å². The van der Waals surface area contributed by atoms with Gasteiger partial charge in [-0.3, -0.25) is 0 Å². The van der Waals surface area contributed by atoms with Gasteiger partial charge in [-0.15, -0.1) is 0 Å². The summed E-state index contributed by atoms with van der Waals surface area (Å²) in [6.45, 7) is 1.78. The predicted octanol–water partition coefficient (Wildman–Crippen LogP) is 3.19. The van der Waals surface area contributed by atoms with Crippen LogP contribution < -0.4 is 0 Å². The molecule has 1 aromatic heterocycles. The molecule has 6 nitrogen and oxygen atoms in total. The van der Waals surface area contributed by atoms with Crippen molar-refractivity contribution in [3.8, 4) is 11.5 Å². The van der Waals surface area contributed by atoms with Gasteiger partial charge in [0.1, 0.15) is 34.7 Å². The van der Waals surface area contributed by atoms with Crippen LogP contribution in [0.5, 0.6) is 11.5 Å². The summed E-state index contributed by atoms with van der Waals surface area (Å²) < 4.78 is 16.9. The molecule has 0 aliphatic carbocycles.